The molecule has 3 aromatic rings. The van der Waals surface area contributed by atoms with E-state index < -0.39 is 5.69 Å². The van der Waals surface area contributed by atoms with Crippen LogP contribution in [0.3, 0.4) is 0 Å². The lowest BCUT2D eigenvalue weighted by molar-refractivity contribution is -0.116. The van der Waals surface area contributed by atoms with Crippen LogP contribution in [0.15, 0.2) is 39.2 Å². The molecule has 1 aliphatic rings. The highest BCUT2D eigenvalue weighted by Crippen LogP contribution is 2.19. The molecule has 0 aliphatic carbocycles. The van der Waals surface area contributed by atoms with Crippen LogP contribution < -0.4 is 16.6 Å². The van der Waals surface area contributed by atoms with E-state index in [-0.39, 0.29) is 36.8 Å². The second-order valence-corrected chi connectivity index (χ2v) is 8.94. The molecule has 1 aromatic carbocycles. The van der Waals surface area contributed by atoms with Crippen molar-refractivity contribution in [2.45, 2.75) is 52.6 Å². The van der Waals surface area contributed by atoms with Gasteiger partial charge < -0.3 is 10.1 Å². The number of nitrogens with zero attached hydrogens (tertiary/aromatic N) is 4. The van der Waals surface area contributed by atoms with Gasteiger partial charge >= 0.3 is 5.69 Å². The van der Waals surface area contributed by atoms with Crippen LogP contribution in [0, 0.1) is 0 Å². The number of thiazole rings is 1. The quantitative estimate of drug-likeness (QED) is 0.607. The minimum Gasteiger partial charge on any atom is -0.373 e. The first-order chi connectivity index (χ1) is 15.4. The highest BCUT2D eigenvalue weighted by atomic mass is 32.1. The second kappa shape index (κ2) is 9.35. The summed E-state index contributed by atoms with van der Waals surface area (Å²) in [5.74, 6) is -0.368. The molecule has 4 rings (SSSR count). The van der Waals surface area contributed by atoms with E-state index in [9.17, 15) is 14.4 Å². The van der Waals surface area contributed by atoms with Crippen molar-refractivity contribution in [3.8, 4) is 0 Å². The Morgan fingerprint density at radius 1 is 1.19 bits per heavy atom. The summed E-state index contributed by atoms with van der Waals surface area (Å²) in [6, 6.07) is 6.83. The van der Waals surface area contributed by atoms with Crippen LogP contribution in [0.2, 0.25) is 0 Å². The summed E-state index contributed by atoms with van der Waals surface area (Å²) in [4.78, 5) is 44.9. The van der Waals surface area contributed by atoms with Gasteiger partial charge in [0.15, 0.2) is 5.13 Å². The number of hydrogen-bond donors (Lipinski definition) is 1. The zero-order valence-electron chi connectivity index (χ0n) is 18.4. The van der Waals surface area contributed by atoms with Gasteiger partial charge in [-0.05, 0) is 32.9 Å². The van der Waals surface area contributed by atoms with Crippen LogP contribution in [0.5, 0.6) is 0 Å². The molecule has 170 valence electrons. The van der Waals surface area contributed by atoms with Crippen molar-refractivity contribution in [1.82, 2.24) is 19.0 Å². The van der Waals surface area contributed by atoms with Crippen molar-refractivity contribution < 1.29 is 9.53 Å². The highest BCUT2D eigenvalue weighted by Gasteiger charge is 2.23. The SMILES string of the molecule is CCn1c(=O)c2ccccc2n(CC(=O)Nc2nc(CN3C[C@@H](C)O[C@@H](C)C3)cs2)c1=O. The molecule has 10 heteroatoms. The number of nitrogens with one attached hydrogen (secondary N) is 1. The van der Waals surface area contributed by atoms with E-state index in [1.807, 2.05) is 5.38 Å². The number of fused-ring (bicyclic) bond motifs is 1. The normalized spacial score (nSPS) is 19.3. The molecule has 2 atom stereocenters. The monoisotopic (exact) mass is 457 g/mol. The second-order valence-electron chi connectivity index (χ2n) is 8.08. The summed E-state index contributed by atoms with van der Waals surface area (Å²) in [7, 11) is 0. The molecule has 0 saturated carbocycles. The van der Waals surface area contributed by atoms with Gasteiger partial charge in [0.1, 0.15) is 6.54 Å². The van der Waals surface area contributed by atoms with Crippen molar-refractivity contribution >= 4 is 33.3 Å². The van der Waals surface area contributed by atoms with Crippen molar-refractivity contribution in [2.24, 2.45) is 0 Å². The van der Waals surface area contributed by atoms with Gasteiger partial charge in [-0.3, -0.25) is 23.6 Å². The van der Waals surface area contributed by atoms with Crippen LogP contribution in [-0.2, 0) is 29.2 Å². The van der Waals surface area contributed by atoms with Gasteiger partial charge in [0.05, 0.1) is 28.8 Å². The Bertz CT molecular complexity index is 1240. The molecule has 0 spiro atoms. The number of hydrogen-bond acceptors (Lipinski definition) is 7. The summed E-state index contributed by atoms with van der Waals surface area (Å²) in [5, 5.41) is 5.61. The summed E-state index contributed by atoms with van der Waals surface area (Å²) in [5.41, 5.74) is 0.481. The molecule has 1 saturated heterocycles. The lowest BCUT2D eigenvalue weighted by Gasteiger charge is -2.34. The number of rotatable bonds is 6. The maximum atomic E-state index is 12.8. The first-order valence-electron chi connectivity index (χ1n) is 10.7. The smallest absolute Gasteiger partial charge is 0.331 e. The third-order valence-corrected chi connectivity index (χ3v) is 6.24. The molecule has 0 radical (unpaired) electrons. The van der Waals surface area contributed by atoms with E-state index in [1.54, 1.807) is 31.2 Å². The average molecular weight is 458 g/mol. The Morgan fingerprint density at radius 3 is 2.62 bits per heavy atom. The number of carbonyl (C=O) groups is 1. The molecule has 2 aromatic heterocycles. The zero-order valence-corrected chi connectivity index (χ0v) is 19.2. The summed E-state index contributed by atoms with van der Waals surface area (Å²) >= 11 is 1.35. The van der Waals surface area contributed by atoms with Crippen LogP contribution in [-0.4, -0.2) is 50.2 Å². The molecule has 3 heterocycles. The maximum Gasteiger partial charge on any atom is 0.331 e. The Labute approximate surface area is 189 Å². The Balaban J connectivity index is 1.49. The average Bonchev–Trinajstić information content (AvgIpc) is 3.17. The number of anilines is 1. The van der Waals surface area contributed by atoms with Crippen molar-refractivity contribution in [1.29, 1.82) is 0 Å². The van der Waals surface area contributed by atoms with Crippen LogP contribution in [0.1, 0.15) is 26.5 Å². The maximum absolute atomic E-state index is 12.8. The molecule has 1 amide bonds. The Kier molecular flexibility index (Phi) is 6.54. The number of para-hydroxylation sites is 1. The number of carbonyl (C=O) groups excluding carboxylic acids is 1. The van der Waals surface area contributed by atoms with Crippen molar-refractivity contribution in [3.05, 3.63) is 56.2 Å². The topological polar surface area (TPSA) is 98.5 Å². The minimum atomic E-state index is -0.498. The van der Waals surface area contributed by atoms with Crippen molar-refractivity contribution in [3.63, 3.8) is 0 Å². The number of aromatic nitrogens is 3. The van der Waals surface area contributed by atoms with Crippen molar-refractivity contribution in [2.75, 3.05) is 18.4 Å². The largest absolute Gasteiger partial charge is 0.373 e. The number of ether oxygens (including phenoxy) is 1. The predicted molar refractivity (Wildman–Crippen MR) is 124 cm³/mol. The molecule has 1 aliphatic heterocycles. The van der Waals surface area contributed by atoms with Gasteiger partial charge in [-0.1, -0.05) is 12.1 Å². The van der Waals surface area contributed by atoms with Crippen LogP contribution in [0.4, 0.5) is 5.13 Å². The Hall–Kier alpha value is -2.82. The standard InChI is InChI=1S/C22H27N5O4S/c1-4-26-20(29)17-7-5-6-8-18(17)27(22(26)30)12-19(28)24-21-23-16(13-32-21)11-25-9-14(2)31-15(3)10-25/h5-8,13-15H,4,9-12H2,1-3H3,(H,23,24,28)/t14-,15+. The van der Waals surface area contributed by atoms with Gasteiger partial charge in [0, 0.05) is 31.6 Å². The molecular formula is C22H27N5O4S. The van der Waals surface area contributed by atoms with Gasteiger partial charge in [-0.2, -0.15) is 0 Å². The third-order valence-electron chi connectivity index (χ3n) is 5.43. The highest BCUT2D eigenvalue weighted by molar-refractivity contribution is 7.13. The first kappa shape index (κ1) is 22.4. The summed E-state index contributed by atoms with van der Waals surface area (Å²) in [6.45, 7) is 8.25. The molecule has 0 bridgehead atoms. The zero-order chi connectivity index (χ0) is 22.8. The summed E-state index contributed by atoms with van der Waals surface area (Å²) < 4.78 is 8.24. The van der Waals surface area contributed by atoms with Gasteiger partial charge in [0.2, 0.25) is 5.91 Å². The fourth-order valence-corrected chi connectivity index (χ4v) is 4.90. The van der Waals surface area contributed by atoms with Gasteiger partial charge in [-0.15, -0.1) is 11.3 Å². The van der Waals surface area contributed by atoms with Gasteiger partial charge in [0.25, 0.3) is 5.56 Å². The molecule has 32 heavy (non-hydrogen) atoms. The van der Waals surface area contributed by atoms with E-state index >= 15 is 0 Å². The van der Waals surface area contributed by atoms with E-state index in [0.717, 1.165) is 23.4 Å². The number of amides is 1. The molecule has 9 nitrogen and oxygen atoms in total. The first-order valence-corrected chi connectivity index (χ1v) is 11.6. The lowest BCUT2D eigenvalue weighted by Crippen LogP contribution is -2.44. The molecule has 0 unspecified atom stereocenters. The molecular weight excluding hydrogens is 430 g/mol. The number of benzene rings is 1. The van der Waals surface area contributed by atoms with Crippen LogP contribution >= 0.6 is 11.3 Å². The van der Waals surface area contributed by atoms with E-state index in [4.69, 9.17) is 4.74 Å². The fraction of sp³-hybridized carbons (Fsp3) is 0.455. The third kappa shape index (κ3) is 4.67. The summed E-state index contributed by atoms with van der Waals surface area (Å²) in [6.07, 6.45) is 0.354. The van der Waals surface area contributed by atoms with Gasteiger partial charge in [-0.25, -0.2) is 9.78 Å². The Morgan fingerprint density at radius 2 is 1.91 bits per heavy atom. The minimum absolute atomic E-state index is 0.177. The predicted octanol–water partition coefficient (Wildman–Crippen LogP) is 1.89. The van der Waals surface area contributed by atoms with Crippen LogP contribution in [0.25, 0.3) is 10.9 Å². The molecule has 1 fully saturated rings. The van der Waals surface area contributed by atoms with E-state index in [1.165, 1.54) is 15.9 Å². The number of morpholine rings is 1. The van der Waals surface area contributed by atoms with E-state index in [0.29, 0.717) is 22.6 Å². The fourth-order valence-electron chi connectivity index (χ4n) is 4.18. The molecule has 1 N–H and O–H groups in total. The van der Waals surface area contributed by atoms with E-state index in [2.05, 4.69) is 29.0 Å². The lowest BCUT2D eigenvalue weighted by atomic mass is 10.2.